The van der Waals surface area contributed by atoms with Crippen molar-refractivity contribution in [2.75, 3.05) is 0 Å². The lowest BCUT2D eigenvalue weighted by atomic mass is 10.2. The van der Waals surface area contributed by atoms with Crippen molar-refractivity contribution < 1.29 is 13.3 Å². The van der Waals surface area contributed by atoms with Crippen molar-refractivity contribution in [2.45, 2.75) is 38.5 Å². The van der Waals surface area contributed by atoms with Crippen LogP contribution in [0.3, 0.4) is 0 Å². The third-order valence-corrected chi connectivity index (χ3v) is 3.48. The van der Waals surface area contributed by atoms with Crippen LogP contribution in [0.2, 0.25) is 0 Å². The van der Waals surface area contributed by atoms with Gasteiger partial charge in [-0.25, -0.2) is 8.78 Å². The average Bonchev–Trinajstić information content (AvgIpc) is 3.21. The first-order valence-electron chi connectivity index (χ1n) is 6.85. The molecule has 0 spiro atoms. The molecule has 1 aromatic heterocycles. The van der Waals surface area contributed by atoms with Gasteiger partial charge in [-0.15, -0.1) is 12.4 Å². The molecule has 1 saturated carbocycles. The molecule has 1 fully saturated rings. The summed E-state index contributed by atoms with van der Waals surface area (Å²) in [5.41, 5.74) is 5.89. The highest BCUT2D eigenvalue weighted by Crippen LogP contribution is 2.30. The first-order chi connectivity index (χ1) is 10.2. The highest BCUT2D eigenvalue weighted by molar-refractivity contribution is 5.85. The highest BCUT2D eigenvalue weighted by atomic mass is 35.5. The van der Waals surface area contributed by atoms with Gasteiger partial charge in [-0.05, 0) is 18.9 Å². The fourth-order valence-electron chi connectivity index (χ4n) is 2.24. The second kappa shape index (κ2) is 7.13. The second-order valence-corrected chi connectivity index (χ2v) is 5.18. The minimum Gasteiger partial charge on any atom is -0.338 e. The Balaban J connectivity index is 0.00000176. The maximum absolute atomic E-state index is 13.8. The molecule has 22 heavy (non-hydrogen) atoms. The van der Waals surface area contributed by atoms with Gasteiger partial charge in [0.05, 0.1) is 13.1 Å². The second-order valence-electron chi connectivity index (χ2n) is 5.18. The minimum atomic E-state index is -0.569. The molecule has 3 rings (SSSR count). The van der Waals surface area contributed by atoms with Crippen molar-refractivity contribution in [1.82, 2.24) is 15.0 Å². The Hall–Kier alpha value is -1.57. The molecule has 0 radical (unpaired) electrons. The van der Waals surface area contributed by atoms with Crippen LogP contribution in [0.1, 0.15) is 30.1 Å². The monoisotopic (exact) mass is 330 g/mol. The van der Waals surface area contributed by atoms with Crippen LogP contribution in [-0.4, -0.2) is 21.1 Å². The summed E-state index contributed by atoms with van der Waals surface area (Å²) >= 11 is 0. The Morgan fingerprint density at radius 2 is 2.05 bits per heavy atom. The number of hydrogen-bond acceptors (Lipinski definition) is 5. The quantitative estimate of drug-likeness (QED) is 0.880. The Morgan fingerprint density at radius 3 is 2.64 bits per heavy atom. The predicted molar refractivity (Wildman–Crippen MR) is 78.1 cm³/mol. The van der Waals surface area contributed by atoms with E-state index in [0.717, 1.165) is 18.9 Å². The number of nitrogens with zero attached hydrogens (tertiary/aromatic N) is 3. The van der Waals surface area contributed by atoms with Crippen LogP contribution in [0, 0.1) is 11.6 Å². The Bertz CT molecular complexity index is 633. The van der Waals surface area contributed by atoms with Crippen LogP contribution in [0.4, 0.5) is 8.78 Å². The molecule has 1 heterocycles. The summed E-state index contributed by atoms with van der Waals surface area (Å²) in [5, 5.41) is 3.85. The van der Waals surface area contributed by atoms with E-state index < -0.39 is 11.6 Å². The van der Waals surface area contributed by atoms with Gasteiger partial charge in [-0.1, -0.05) is 11.2 Å². The highest BCUT2D eigenvalue weighted by Gasteiger charge is 2.30. The summed E-state index contributed by atoms with van der Waals surface area (Å²) in [6.07, 6.45) is 2.12. The van der Waals surface area contributed by atoms with Gasteiger partial charge < -0.3 is 10.3 Å². The summed E-state index contributed by atoms with van der Waals surface area (Å²) in [5.74, 6) is -0.185. The van der Waals surface area contributed by atoms with Crippen molar-refractivity contribution in [2.24, 2.45) is 5.73 Å². The lowest BCUT2D eigenvalue weighted by molar-refractivity contribution is 0.232. The maximum atomic E-state index is 13.8. The number of halogens is 3. The molecule has 0 bridgehead atoms. The molecule has 120 valence electrons. The lowest BCUT2D eigenvalue weighted by Gasteiger charge is -2.20. The van der Waals surface area contributed by atoms with Gasteiger partial charge in [0.1, 0.15) is 11.6 Å². The molecule has 1 aliphatic rings. The van der Waals surface area contributed by atoms with Gasteiger partial charge in [0.25, 0.3) is 0 Å². The van der Waals surface area contributed by atoms with E-state index in [9.17, 15) is 8.78 Å². The van der Waals surface area contributed by atoms with Gasteiger partial charge in [-0.3, -0.25) is 4.90 Å². The largest absolute Gasteiger partial charge is 0.338 e. The van der Waals surface area contributed by atoms with Crippen molar-refractivity contribution in [3.63, 3.8) is 0 Å². The molecule has 5 nitrogen and oxygen atoms in total. The topological polar surface area (TPSA) is 68.2 Å². The van der Waals surface area contributed by atoms with E-state index in [1.807, 2.05) is 0 Å². The molecular weight excluding hydrogens is 314 g/mol. The summed E-state index contributed by atoms with van der Waals surface area (Å²) < 4.78 is 31.7. The summed E-state index contributed by atoms with van der Waals surface area (Å²) in [6.45, 7) is 1.05. The smallest absolute Gasteiger partial charge is 0.240 e. The van der Waals surface area contributed by atoms with Gasteiger partial charge >= 0.3 is 0 Å². The Labute approximate surface area is 132 Å². The van der Waals surface area contributed by atoms with Crippen LogP contribution in [0.15, 0.2) is 22.7 Å². The van der Waals surface area contributed by atoms with E-state index >= 15 is 0 Å². The zero-order valence-electron chi connectivity index (χ0n) is 11.8. The van der Waals surface area contributed by atoms with Gasteiger partial charge in [0.15, 0.2) is 5.82 Å². The fraction of sp³-hybridized carbons (Fsp3) is 0.429. The number of benzene rings is 1. The van der Waals surface area contributed by atoms with Gasteiger partial charge in [0, 0.05) is 24.2 Å². The van der Waals surface area contributed by atoms with Crippen molar-refractivity contribution in [3.05, 3.63) is 47.1 Å². The summed E-state index contributed by atoms with van der Waals surface area (Å²) in [7, 11) is 0. The van der Waals surface area contributed by atoms with E-state index in [0.29, 0.717) is 36.4 Å². The van der Waals surface area contributed by atoms with Crippen molar-refractivity contribution in [3.8, 4) is 0 Å². The number of aromatic nitrogens is 2. The normalized spacial score (nSPS) is 14.2. The van der Waals surface area contributed by atoms with Gasteiger partial charge in [0.2, 0.25) is 5.89 Å². The van der Waals surface area contributed by atoms with E-state index in [-0.39, 0.29) is 19.0 Å². The molecular formula is C14H17ClF2N4O. The first kappa shape index (κ1) is 16.8. The number of hydrogen-bond donors (Lipinski definition) is 1. The van der Waals surface area contributed by atoms with Crippen LogP contribution in [0.5, 0.6) is 0 Å². The average molecular weight is 331 g/mol. The standard InChI is InChI=1S/C14H16F2N4O.ClH/c15-10-2-1-9(12(16)5-10)7-20(11-3-4-11)8-13-18-14(6-17)21-19-13;/h1-2,5,11H,3-4,6-8,17H2;1H. The zero-order valence-corrected chi connectivity index (χ0v) is 12.7. The molecule has 0 aliphatic heterocycles. The van der Waals surface area contributed by atoms with Crippen LogP contribution in [0.25, 0.3) is 0 Å². The molecule has 2 aromatic rings. The maximum Gasteiger partial charge on any atom is 0.240 e. The third-order valence-electron chi connectivity index (χ3n) is 3.48. The molecule has 0 unspecified atom stereocenters. The Morgan fingerprint density at radius 1 is 1.27 bits per heavy atom. The zero-order chi connectivity index (χ0) is 14.8. The number of nitrogens with two attached hydrogens (primary N) is 1. The molecule has 2 N–H and O–H groups in total. The predicted octanol–water partition coefficient (Wildman–Crippen LogP) is 2.39. The van der Waals surface area contributed by atoms with Crippen molar-refractivity contribution in [1.29, 1.82) is 0 Å². The van der Waals surface area contributed by atoms with Crippen LogP contribution >= 0.6 is 12.4 Å². The minimum absolute atomic E-state index is 0. The van der Waals surface area contributed by atoms with E-state index in [2.05, 4.69) is 15.0 Å². The van der Waals surface area contributed by atoms with Crippen LogP contribution < -0.4 is 5.73 Å². The molecule has 0 saturated heterocycles. The SMILES string of the molecule is Cl.NCc1nc(CN(Cc2ccc(F)cc2F)C2CC2)no1. The molecule has 0 amide bonds. The lowest BCUT2D eigenvalue weighted by Crippen LogP contribution is -2.26. The third kappa shape index (κ3) is 4.00. The van der Waals surface area contributed by atoms with E-state index in [1.165, 1.54) is 12.1 Å². The molecule has 8 heteroatoms. The molecule has 0 atom stereocenters. The van der Waals surface area contributed by atoms with Crippen LogP contribution in [-0.2, 0) is 19.6 Å². The number of rotatable bonds is 6. The summed E-state index contributed by atoms with van der Waals surface area (Å²) in [6, 6.07) is 4.03. The summed E-state index contributed by atoms with van der Waals surface area (Å²) in [4.78, 5) is 6.23. The molecule has 1 aliphatic carbocycles. The Kier molecular flexibility index (Phi) is 5.44. The van der Waals surface area contributed by atoms with E-state index in [1.54, 1.807) is 0 Å². The van der Waals surface area contributed by atoms with E-state index in [4.69, 9.17) is 10.3 Å². The molecule has 1 aromatic carbocycles. The van der Waals surface area contributed by atoms with Gasteiger partial charge in [-0.2, -0.15) is 4.98 Å². The fourth-order valence-corrected chi connectivity index (χ4v) is 2.24. The van der Waals surface area contributed by atoms with Crippen molar-refractivity contribution >= 4 is 12.4 Å². The first-order valence-corrected chi connectivity index (χ1v) is 6.85.